The second-order valence-electron chi connectivity index (χ2n) is 10.2. The fourth-order valence-electron chi connectivity index (χ4n) is 5.62. The summed E-state index contributed by atoms with van der Waals surface area (Å²) in [6.45, 7) is 4.20. The highest BCUT2D eigenvalue weighted by molar-refractivity contribution is 6.04. The van der Waals surface area contributed by atoms with Crippen molar-refractivity contribution in [3.05, 3.63) is 65.5 Å². The standard InChI is InChI=1S/C30H38FN3O4/c1-3-38-30(37)33-19-10-9-18-26(33)29(36)34(24-16-11-13-22(31)20-24)27(25-17-8-7-12-21(25)2)28(35)32-23-14-5-4-6-15-23/h7-8,11-13,16-17,20,23,26-27H,3-6,9-10,14-15,18-19H2,1-2H3,(H,32,35)/t26-,27+/m1/s1. The maximum Gasteiger partial charge on any atom is 0.410 e. The van der Waals surface area contributed by atoms with Crippen molar-refractivity contribution in [2.45, 2.75) is 83.3 Å². The van der Waals surface area contributed by atoms with Crippen LogP contribution in [0.4, 0.5) is 14.9 Å². The summed E-state index contributed by atoms with van der Waals surface area (Å²) < 4.78 is 19.8. The molecule has 2 aliphatic rings. The molecule has 0 spiro atoms. The lowest BCUT2D eigenvalue weighted by molar-refractivity contribution is -0.130. The minimum atomic E-state index is -1.03. The van der Waals surface area contributed by atoms with E-state index in [0.29, 0.717) is 18.5 Å². The van der Waals surface area contributed by atoms with Crippen molar-refractivity contribution < 1.29 is 23.5 Å². The second-order valence-corrected chi connectivity index (χ2v) is 10.2. The molecule has 2 fully saturated rings. The molecule has 8 heteroatoms. The summed E-state index contributed by atoms with van der Waals surface area (Å²) in [5, 5.41) is 3.19. The molecular formula is C30H38FN3O4. The number of hydrogen-bond acceptors (Lipinski definition) is 4. The minimum Gasteiger partial charge on any atom is -0.450 e. The van der Waals surface area contributed by atoms with Gasteiger partial charge in [-0.05, 0) is 75.3 Å². The lowest BCUT2D eigenvalue weighted by Crippen LogP contribution is -2.56. The van der Waals surface area contributed by atoms with E-state index in [4.69, 9.17) is 4.74 Å². The molecule has 0 bridgehead atoms. The number of hydrogen-bond donors (Lipinski definition) is 1. The molecule has 2 atom stereocenters. The van der Waals surface area contributed by atoms with Gasteiger partial charge in [-0.1, -0.05) is 49.6 Å². The van der Waals surface area contributed by atoms with E-state index in [2.05, 4.69) is 5.32 Å². The van der Waals surface area contributed by atoms with Crippen LogP contribution in [0.25, 0.3) is 0 Å². The largest absolute Gasteiger partial charge is 0.450 e. The molecule has 1 N–H and O–H groups in total. The minimum absolute atomic E-state index is 0.0259. The van der Waals surface area contributed by atoms with Crippen LogP contribution in [0.5, 0.6) is 0 Å². The Balaban J connectivity index is 1.80. The van der Waals surface area contributed by atoms with E-state index in [9.17, 15) is 18.8 Å². The zero-order valence-corrected chi connectivity index (χ0v) is 22.3. The lowest BCUT2D eigenvalue weighted by atomic mass is 9.93. The van der Waals surface area contributed by atoms with Crippen LogP contribution in [0, 0.1) is 12.7 Å². The predicted octanol–water partition coefficient (Wildman–Crippen LogP) is 5.67. The molecule has 1 saturated carbocycles. The molecule has 3 amide bonds. The van der Waals surface area contributed by atoms with Gasteiger partial charge in [0.05, 0.1) is 6.61 Å². The van der Waals surface area contributed by atoms with Crippen molar-refractivity contribution in [1.82, 2.24) is 10.2 Å². The van der Waals surface area contributed by atoms with Gasteiger partial charge in [0, 0.05) is 18.3 Å². The number of piperidine rings is 1. The zero-order valence-electron chi connectivity index (χ0n) is 22.3. The second kappa shape index (κ2) is 12.9. The van der Waals surface area contributed by atoms with Gasteiger partial charge in [-0.25, -0.2) is 9.18 Å². The molecule has 38 heavy (non-hydrogen) atoms. The monoisotopic (exact) mass is 523 g/mol. The molecule has 0 aromatic heterocycles. The maximum atomic E-state index is 14.5. The number of halogens is 1. The topological polar surface area (TPSA) is 79.0 Å². The Morgan fingerprint density at radius 1 is 1.03 bits per heavy atom. The van der Waals surface area contributed by atoms with Crippen molar-refractivity contribution in [2.24, 2.45) is 0 Å². The first-order valence-corrected chi connectivity index (χ1v) is 13.8. The SMILES string of the molecule is CCOC(=O)N1CCCC[C@@H]1C(=O)N(c1cccc(F)c1)[C@H](C(=O)NC1CCCCC1)c1ccccc1C. The van der Waals surface area contributed by atoms with Crippen LogP contribution in [0.3, 0.4) is 0 Å². The van der Waals surface area contributed by atoms with Gasteiger partial charge in [-0.15, -0.1) is 0 Å². The Morgan fingerprint density at radius 2 is 1.76 bits per heavy atom. The molecule has 4 rings (SSSR count). The van der Waals surface area contributed by atoms with E-state index >= 15 is 0 Å². The van der Waals surface area contributed by atoms with Gasteiger partial charge in [0.1, 0.15) is 17.9 Å². The summed E-state index contributed by atoms with van der Waals surface area (Å²) in [5.41, 5.74) is 1.78. The molecule has 2 aromatic carbocycles. The first-order chi connectivity index (χ1) is 18.4. The Labute approximate surface area is 224 Å². The number of anilines is 1. The first-order valence-electron chi connectivity index (χ1n) is 13.8. The summed E-state index contributed by atoms with van der Waals surface area (Å²) >= 11 is 0. The van der Waals surface area contributed by atoms with Gasteiger partial charge < -0.3 is 10.1 Å². The van der Waals surface area contributed by atoms with Crippen molar-refractivity contribution in [3.63, 3.8) is 0 Å². The van der Waals surface area contributed by atoms with E-state index in [1.165, 1.54) is 28.0 Å². The molecule has 1 aliphatic heterocycles. The number of likely N-dealkylation sites (tertiary alicyclic amines) is 1. The van der Waals surface area contributed by atoms with Crippen LogP contribution < -0.4 is 10.2 Å². The molecule has 2 aromatic rings. The van der Waals surface area contributed by atoms with Crippen LogP contribution in [-0.4, -0.2) is 48.0 Å². The number of nitrogens with zero attached hydrogens (tertiary/aromatic N) is 2. The van der Waals surface area contributed by atoms with E-state index in [1.54, 1.807) is 13.0 Å². The highest BCUT2D eigenvalue weighted by Crippen LogP contribution is 2.34. The van der Waals surface area contributed by atoms with Gasteiger partial charge in [0.2, 0.25) is 5.91 Å². The Hall–Kier alpha value is -3.42. The number of carbonyl (C=O) groups excluding carboxylic acids is 3. The molecular weight excluding hydrogens is 485 g/mol. The summed E-state index contributed by atoms with van der Waals surface area (Å²) in [6, 6.07) is 11.4. The van der Waals surface area contributed by atoms with Crippen LogP contribution in [-0.2, 0) is 14.3 Å². The summed E-state index contributed by atoms with van der Waals surface area (Å²) in [4.78, 5) is 44.1. The van der Waals surface area contributed by atoms with Gasteiger partial charge in [-0.3, -0.25) is 19.4 Å². The Kier molecular flexibility index (Phi) is 9.37. The molecule has 0 unspecified atom stereocenters. The van der Waals surface area contributed by atoms with Crippen molar-refractivity contribution in [2.75, 3.05) is 18.1 Å². The highest BCUT2D eigenvalue weighted by Gasteiger charge is 2.42. The van der Waals surface area contributed by atoms with E-state index in [1.807, 2.05) is 31.2 Å². The number of rotatable bonds is 7. The fourth-order valence-corrected chi connectivity index (χ4v) is 5.62. The van der Waals surface area contributed by atoms with Crippen LogP contribution in [0.15, 0.2) is 48.5 Å². The molecule has 7 nitrogen and oxygen atoms in total. The van der Waals surface area contributed by atoms with Gasteiger partial charge in [-0.2, -0.15) is 0 Å². The Morgan fingerprint density at radius 3 is 2.47 bits per heavy atom. The number of amides is 3. The third kappa shape index (κ3) is 6.34. The number of benzene rings is 2. The average Bonchev–Trinajstić information content (AvgIpc) is 2.92. The van der Waals surface area contributed by atoms with E-state index in [-0.39, 0.29) is 24.2 Å². The summed E-state index contributed by atoms with van der Waals surface area (Å²) in [7, 11) is 0. The third-order valence-corrected chi connectivity index (χ3v) is 7.56. The fraction of sp³-hybridized carbons (Fsp3) is 0.500. The van der Waals surface area contributed by atoms with Gasteiger partial charge >= 0.3 is 6.09 Å². The zero-order chi connectivity index (χ0) is 27.1. The van der Waals surface area contributed by atoms with Crippen LogP contribution >= 0.6 is 0 Å². The van der Waals surface area contributed by atoms with Crippen LogP contribution in [0.2, 0.25) is 0 Å². The van der Waals surface area contributed by atoms with Gasteiger partial charge in [0.15, 0.2) is 0 Å². The first kappa shape index (κ1) is 27.6. The third-order valence-electron chi connectivity index (χ3n) is 7.56. The van der Waals surface area contributed by atoms with E-state index in [0.717, 1.165) is 50.5 Å². The lowest BCUT2D eigenvalue weighted by Gasteiger charge is -2.40. The predicted molar refractivity (Wildman–Crippen MR) is 144 cm³/mol. The maximum absolute atomic E-state index is 14.5. The van der Waals surface area contributed by atoms with Crippen molar-refractivity contribution in [1.29, 1.82) is 0 Å². The quantitative estimate of drug-likeness (QED) is 0.507. The molecule has 1 heterocycles. The number of nitrogens with one attached hydrogen (secondary N) is 1. The van der Waals surface area contributed by atoms with Gasteiger partial charge in [0.25, 0.3) is 5.91 Å². The highest BCUT2D eigenvalue weighted by atomic mass is 19.1. The molecule has 0 radical (unpaired) electrons. The number of aryl methyl sites for hydroxylation is 1. The summed E-state index contributed by atoms with van der Waals surface area (Å²) in [5.74, 6) is -1.24. The van der Waals surface area contributed by atoms with E-state index < -0.39 is 29.9 Å². The molecule has 204 valence electrons. The molecule has 1 aliphatic carbocycles. The number of carbonyl (C=O) groups is 3. The average molecular weight is 524 g/mol. The number of ether oxygens (including phenoxy) is 1. The Bertz CT molecular complexity index is 1130. The summed E-state index contributed by atoms with van der Waals surface area (Å²) in [6.07, 6.45) is 6.41. The molecule has 1 saturated heterocycles. The van der Waals surface area contributed by atoms with Crippen molar-refractivity contribution in [3.8, 4) is 0 Å². The van der Waals surface area contributed by atoms with Crippen molar-refractivity contribution >= 4 is 23.6 Å². The van der Waals surface area contributed by atoms with Crippen LogP contribution in [0.1, 0.15) is 75.5 Å². The smallest absolute Gasteiger partial charge is 0.410 e. The normalized spacial score (nSPS) is 18.9.